The summed E-state index contributed by atoms with van der Waals surface area (Å²) in [6.07, 6.45) is 3.63. The van der Waals surface area contributed by atoms with E-state index in [1.807, 2.05) is 0 Å². The van der Waals surface area contributed by atoms with Crippen molar-refractivity contribution in [2.45, 2.75) is 25.3 Å². The molecule has 1 aliphatic heterocycles. The van der Waals surface area contributed by atoms with Crippen LogP contribution in [0.1, 0.15) is 25.6 Å². The summed E-state index contributed by atoms with van der Waals surface area (Å²) in [5, 5.41) is 8.35. The van der Waals surface area contributed by atoms with E-state index in [1.165, 1.54) is 12.3 Å². The first-order valence-corrected chi connectivity index (χ1v) is 5.83. The number of nitrogens with zero attached hydrogens (tertiary/aromatic N) is 4. The van der Waals surface area contributed by atoms with Gasteiger partial charge in [-0.25, -0.2) is 4.39 Å². The van der Waals surface area contributed by atoms with Crippen LogP contribution in [0.25, 0.3) is 5.65 Å². The lowest BCUT2D eigenvalue weighted by molar-refractivity contribution is 0.184. The molecule has 0 bridgehead atoms. The van der Waals surface area contributed by atoms with Crippen LogP contribution in [0.5, 0.6) is 0 Å². The van der Waals surface area contributed by atoms with Gasteiger partial charge < -0.3 is 0 Å². The van der Waals surface area contributed by atoms with E-state index in [0.29, 0.717) is 5.65 Å². The van der Waals surface area contributed by atoms with Crippen molar-refractivity contribution in [1.29, 1.82) is 0 Å². The first-order valence-electron chi connectivity index (χ1n) is 5.83. The van der Waals surface area contributed by atoms with Gasteiger partial charge in [0, 0.05) is 6.20 Å². The highest BCUT2D eigenvalue weighted by Crippen LogP contribution is 2.36. The molecule has 2 aromatic rings. The normalized spacial score (nSPS) is 25.8. The lowest BCUT2D eigenvalue weighted by atomic mass is 9.98. The molecule has 0 unspecified atom stereocenters. The van der Waals surface area contributed by atoms with Crippen LogP contribution in [0.15, 0.2) is 18.3 Å². The second-order valence-corrected chi connectivity index (χ2v) is 4.90. The smallest absolute Gasteiger partial charge is 0.161 e. The van der Waals surface area contributed by atoms with Crippen molar-refractivity contribution < 1.29 is 4.39 Å². The molecule has 0 N–H and O–H groups in total. The number of halogens is 1. The predicted octanol–water partition coefficient (Wildman–Crippen LogP) is 1.81. The zero-order chi connectivity index (χ0) is 12.0. The zero-order valence-electron chi connectivity index (χ0n) is 10.0. The summed E-state index contributed by atoms with van der Waals surface area (Å²) < 4.78 is 15.1. The summed E-state index contributed by atoms with van der Waals surface area (Å²) in [5.41, 5.74) is 0.552. The summed E-state index contributed by atoms with van der Waals surface area (Å²) in [6.45, 7) is 3.18. The Labute approximate surface area is 99.1 Å². The maximum atomic E-state index is 13.3. The monoisotopic (exact) mass is 234 g/mol. The van der Waals surface area contributed by atoms with E-state index < -0.39 is 0 Å². The minimum absolute atomic E-state index is 0.146. The average molecular weight is 234 g/mol. The third kappa shape index (κ3) is 1.45. The fraction of sp³-hybridized carbons (Fsp3) is 0.500. The van der Waals surface area contributed by atoms with Crippen molar-refractivity contribution in [3.63, 3.8) is 0 Å². The van der Waals surface area contributed by atoms with E-state index in [0.717, 1.165) is 25.2 Å². The number of hydrogen-bond donors (Lipinski definition) is 0. The third-order valence-corrected chi connectivity index (χ3v) is 3.85. The second-order valence-electron chi connectivity index (χ2n) is 4.90. The Morgan fingerprint density at radius 3 is 2.88 bits per heavy atom. The van der Waals surface area contributed by atoms with Crippen molar-refractivity contribution in [2.24, 2.45) is 0 Å². The maximum Gasteiger partial charge on any atom is 0.161 e. The van der Waals surface area contributed by atoms with Gasteiger partial charge in [-0.1, -0.05) is 0 Å². The Balaban J connectivity index is 2.20. The van der Waals surface area contributed by atoms with E-state index in [2.05, 4.69) is 29.1 Å². The molecule has 1 saturated heterocycles. The van der Waals surface area contributed by atoms with Crippen molar-refractivity contribution in [3.8, 4) is 0 Å². The molecule has 3 heterocycles. The average Bonchev–Trinajstić information content (AvgIpc) is 2.84. The van der Waals surface area contributed by atoms with Gasteiger partial charge in [0.2, 0.25) is 0 Å². The molecule has 0 aromatic carbocycles. The minimum atomic E-state index is -0.261. The highest BCUT2D eigenvalue weighted by atomic mass is 19.1. The van der Waals surface area contributed by atoms with Crippen molar-refractivity contribution in [3.05, 3.63) is 30.0 Å². The highest BCUT2D eigenvalue weighted by Gasteiger charge is 2.39. The van der Waals surface area contributed by atoms with Gasteiger partial charge in [0.1, 0.15) is 5.82 Å². The first-order chi connectivity index (χ1) is 8.11. The summed E-state index contributed by atoms with van der Waals surface area (Å²) in [7, 11) is 2.08. The Morgan fingerprint density at radius 2 is 2.18 bits per heavy atom. The Bertz CT molecular complexity index is 565. The molecular weight excluding hydrogens is 219 g/mol. The molecule has 0 aliphatic carbocycles. The fourth-order valence-electron chi connectivity index (χ4n) is 2.61. The number of pyridine rings is 1. The van der Waals surface area contributed by atoms with Crippen LogP contribution in [0.2, 0.25) is 0 Å². The van der Waals surface area contributed by atoms with Gasteiger partial charge in [-0.05, 0) is 45.5 Å². The molecule has 90 valence electrons. The lowest BCUT2D eigenvalue weighted by Gasteiger charge is -2.30. The number of likely N-dealkylation sites (tertiary alicyclic amines) is 1. The number of rotatable bonds is 1. The van der Waals surface area contributed by atoms with Crippen molar-refractivity contribution in [2.75, 3.05) is 13.6 Å². The largest absolute Gasteiger partial charge is 0.294 e. The van der Waals surface area contributed by atoms with E-state index in [4.69, 9.17) is 0 Å². The van der Waals surface area contributed by atoms with Gasteiger partial charge in [0.25, 0.3) is 0 Å². The molecule has 0 amide bonds. The van der Waals surface area contributed by atoms with Gasteiger partial charge in [0.15, 0.2) is 11.5 Å². The Morgan fingerprint density at radius 1 is 1.35 bits per heavy atom. The minimum Gasteiger partial charge on any atom is -0.294 e. The number of aromatic nitrogens is 3. The maximum absolute atomic E-state index is 13.3. The number of hydrogen-bond acceptors (Lipinski definition) is 3. The molecular formula is C12H15FN4. The molecule has 17 heavy (non-hydrogen) atoms. The van der Waals surface area contributed by atoms with E-state index in [1.54, 1.807) is 10.5 Å². The fourth-order valence-corrected chi connectivity index (χ4v) is 2.61. The van der Waals surface area contributed by atoms with Crippen LogP contribution >= 0.6 is 0 Å². The first kappa shape index (κ1) is 10.7. The van der Waals surface area contributed by atoms with Crippen molar-refractivity contribution in [1.82, 2.24) is 19.5 Å². The van der Waals surface area contributed by atoms with Gasteiger partial charge in [-0.3, -0.25) is 9.30 Å². The van der Waals surface area contributed by atoms with Gasteiger partial charge in [-0.15, -0.1) is 10.2 Å². The molecule has 1 aliphatic rings. The molecule has 4 nitrogen and oxygen atoms in total. The molecule has 0 spiro atoms. The second kappa shape index (κ2) is 3.50. The molecule has 1 atom stereocenters. The number of fused-ring (bicyclic) bond motifs is 1. The lowest BCUT2D eigenvalue weighted by Crippen LogP contribution is -2.37. The van der Waals surface area contributed by atoms with Crippen LogP contribution < -0.4 is 0 Å². The SMILES string of the molecule is CN1CCC[C@]1(C)c1nnc2ccc(F)cn12. The van der Waals surface area contributed by atoms with Gasteiger partial charge >= 0.3 is 0 Å². The Hall–Kier alpha value is -1.49. The van der Waals surface area contributed by atoms with Gasteiger partial charge in [0.05, 0.1) is 5.54 Å². The van der Waals surface area contributed by atoms with Crippen LogP contribution in [0.4, 0.5) is 4.39 Å². The molecule has 0 saturated carbocycles. The van der Waals surface area contributed by atoms with E-state index in [-0.39, 0.29) is 11.4 Å². The predicted molar refractivity (Wildman–Crippen MR) is 62.2 cm³/mol. The van der Waals surface area contributed by atoms with E-state index >= 15 is 0 Å². The molecule has 1 fully saturated rings. The molecule has 0 radical (unpaired) electrons. The summed E-state index contributed by atoms with van der Waals surface area (Å²) in [4.78, 5) is 2.26. The molecule has 3 rings (SSSR count). The van der Waals surface area contributed by atoms with E-state index in [9.17, 15) is 4.39 Å². The molecule has 5 heteroatoms. The van der Waals surface area contributed by atoms with Crippen LogP contribution in [-0.4, -0.2) is 33.1 Å². The molecule has 2 aromatic heterocycles. The standard InChI is InChI=1S/C12H15FN4/c1-12(6-3-7-16(12)2)11-15-14-10-5-4-9(13)8-17(10)11/h4-5,8H,3,6-7H2,1-2H3/t12-/m1/s1. The Kier molecular flexibility index (Phi) is 2.19. The highest BCUT2D eigenvalue weighted by molar-refractivity contribution is 5.38. The summed E-state index contributed by atoms with van der Waals surface area (Å²) >= 11 is 0. The topological polar surface area (TPSA) is 33.4 Å². The summed E-state index contributed by atoms with van der Waals surface area (Å²) in [6, 6.07) is 3.07. The quantitative estimate of drug-likeness (QED) is 0.754. The van der Waals surface area contributed by atoms with Crippen LogP contribution in [0.3, 0.4) is 0 Å². The van der Waals surface area contributed by atoms with Crippen LogP contribution in [-0.2, 0) is 5.54 Å². The van der Waals surface area contributed by atoms with Crippen molar-refractivity contribution >= 4 is 5.65 Å². The zero-order valence-corrected chi connectivity index (χ0v) is 10.0. The van der Waals surface area contributed by atoms with Gasteiger partial charge in [-0.2, -0.15) is 0 Å². The van der Waals surface area contributed by atoms with Crippen LogP contribution in [0, 0.1) is 5.82 Å². The summed E-state index contributed by atoms with van der Waals surface area (Å²) in [5.74, 6) is 0.565. The third-order valence-electron chi connectivity index (χ3n) is 3.85.